The van der Waals surface area contributed by atoms with E-state index >= 15 is 0 Å². The molecule has 0 saturated carbocycles. The number of amidine groups is 1. The van der Waals surface area contributed by atoms with Gasteiger partial charge >= 0.3 is 0 Å². The number of carbonyl (C=O) groups is 1. The van der Waals surface area contributed by atoms with Crippen molar-refractivity contribution in [2.24, 2.45) is 10.9 Å². The first-order chi connectivity index (χ1) is 8.13. The van der Waals surface area contributed by atoms with E-state index in [2.05, 4.69) is 10.1 Å². The van der Waals surface area contributed by atoms with Crippen molar-refractivity contribution in [1.29, 1.82) is 0 Å². The molecule has 6 heteroatoms. The van der Waals surface area contributed by atoms with Gasteiger partial charge in [0, 0.05) is 24.8 Å². The van der Waals surface area contributed by atoms with Crippen LogP contribution in [0, 0.1) is 0 Å². The molecular weight excluding hydrogens is 220 g/mol. The van der Waals surface area contributed by atoms with Crippen molar-refractivity contribution in [1.82, 2.24) is 9.88 Å². The quantitative estimate of drug-likeness (QED) is 0.347. The minimum atomic E-state index is -0.124. The number of rotatable bonds is 4. The molecule has 6 nitrogen and oxygen atoms in total. The maximum absolute atomic E-state index is 11.9. The Morgan fingerprint density at radius 1 is 1.47 bits per heavy atom. The van der Waals surface area contributed by atoms with Gasteiger partial charge in [0.2, 0.25) is 0 Å². The van der Waals surface area contributed by atoms with Crippen LogP contribution in [0.4, 0.5) is 0 Å². The van der Waals surface area contributed by atoms with Crippen LogP contribution in [-0.2, 0) is 0 Å². The third-order valence-corrected chi connectivity index (χ3v) is 2.44. The van der Waals surface area contributed by atoms with Crippen molar-refractivity contribution in [3.63, 3.8) is 0 Å². The van der Waals surface area contributed by atoms with Gasteiger partial charge in [-0.3, -0.25) is 9.78 Å². The molecule has 3 N–H and O–H groups in total. The third kappa shape index (κ3) is 2.93. The minimum absolute atomic E-state index is 0.0284. The van der Waals surface area contributed by atoms with E-state index in [-0.39, 0.29) is 11.7 Å². The molecule has 92 valence electrons. The van der Waals surface area contributed by atoms with Gasteiger partial charge in [-0.05, 0) is 26.0 Å². The van der Waals surface area contributed by atoms with E-state index in [1.54, 1.807) is 17.0 Å². The fourth-order valence-corrected chi connectivity index (χ4v) is 1.40. The Bertz CT molecular complexity index is 410. The first-order valence-electron chi connectivity index (χ1n) is 5.37. The van der Waals surface area contributed by atoms with Crippen molar-refractivity contribution in [3.05, 3.63) is 29.6 Å². The predicted molar refractivity (Wildman–Crippen MR) is 64.0 cm³/mol. The summed E-state index contributed by atoms with van der Waals surface area (Å²) in [6.07, 6.45) is 1.41. The summed E-state index contributed by atoms with van der Waals surface area (Å²) in [5, 5.41) is 11.4. The molecule has 1 aromatic heterocycles. The summed E-state index contributed by atoms with van der Waals surface area (Å²) in [5.74, 6) is -0.152. The van der Waals surface area contributed by atoms with E-state index in [1.807, 2.05) is 13.8 Å². The van der Waals surface area contributed by atoms with Gasteiger partial charge in [-0.2, -0.15) is 0 Å². The van der Waals surface area contributed by atoms with Gasteiger partial charge in [0.25, 0.3) is 5.91 Å². The first-order valence-corrected chi connectivity index (χ1v) is 5.37. The van der Waals surface area contributed by atoms with E-state index in [4.69, 9.17) is 10.9 Å². The van der Waals surface area contributed by atoms with Gasteiger partial charge in [-0.25, -0.2) is 0 Å². The highest BCUT2D eigenvalue weighted by molar-refractivity contribution is 5.98. The molecule has 0 saturated heterocycles. The summed E-state index contributed by atoms with van der Waals surface area (Å²) in [5.41, 5.74) is 6.22. The Kier molecular flexibility index (Phi) is 4.45. The highest BCUT2D eigenvalue weighted by atomic mass is 16.4. The molecule has 0 bridgehead atoms. The average molecular weight is 236 g/mol. The third-order valence-electron chi connectivity index (χ3n) is 2.44. The highest BCUT2D eigenvalue weighted by Gasteiger charge is 2.13. The highest BCUT2D eigenvalue weighted by Crippen LogP contribution is 2.04. The molecule has 0 atom stereocenters. The van der Waals surface area contributed by atoms with Gasteiger partial charge in [0.05, 0.1) is 0 Å². The van der Waals surface area contributed by atoms with Crippen molar-refractivity contribution in [2.45, 2.75) is 13.8 Å². The van der Waals surface area contributed by atoms with Crippen LogP contribution in [0.5, 0.6) is 0 Å². The second-order valence-corrected chi connectivity index (χ2v) is 3.39. The van der Waals surface area contributed by atoms with Crippen molar-refractivity contribution in [3.8, 4) is 0 Å². The standard InChI is InChI=1S/C11H16N4O2/c1-3-15(4-2)11(16)9-6-5-8(7-13-9)10(12)14-17/h5-7,17H,3-4H2,1-2H3,(H2,12,14). The Morgan fingerprint density at radius 3 is 2.53 bits per heavy atom. The molecule has 1 rings (SSSR count). The van der Waals surface area contributed by atoms with Crippen molar-refractivity contribution in [2.75, 3.05) is 13.1 Å². The maximum atomic E-state index is 11.9. The van der Waals surface area contributed by atoms with Gasteiger partial charge < -0.3 is 15.8 Å². The lowest BCUT2D eigenvalue weighted by Gasteiger charge is -2.17. The van der Waals surface area contributed by atoms with Gasteiger partial charge in [-0.15, -0.1) is 0 Å². The van der Waals surface area contributed by atoms with Crippen molar-refractivity contribution >= 4 is 11.7 Å². The van der Waals surface area contributed by atoms with E-state index in [0.29, 0.717) is 24.3 Å². The molecule has 0 radical (unpaired) electrons. The number of hydrogen-bond donors (Lipinski definition) is 2. The number of pyridine rings is 1. The van der Waals surface area contributed by atoms with Crippen LogP contribution >= 0.6 is 0 Å². The zero-order valence-corrected chi connectivity index (χ0v) is 9.92. The maximum Gasteiger partial charge on any atom is 0.272 e. The number of nitrogens with two attached hydrogens (primary N) is 1. The van der Waals surface area contributed by atoms with Crippen LogP contribution in [0.1, 0.15) is 29.9 Å². The van der Waals surface area contributed by atoms with E-state index in [0.717, 1.165) is 0 Å². The lowest BCUT2D eigenvalue weighted by atomic mass is 10.2. The smallest absolute Gasteiger partial charge is 0.272 e. The van der Waals surface area contributed by atoms with Crippen LogP contribution in [0.25, 0.3) is 0 Å². The fourth-order valence-electron chi connectivity index (χ4n) is 1.40. The molecule has 0 aliphatic heterocycles. The van der Waals surface area contributed by atoms with Crippen LogP contribution < -0.4 is 5.73 Å². The zero-order valence-electron chi connectivity index (χ0n) is 9.92. The molecule has 0 fully saturated rings. The fraction of sp³-hybridized carbons (Fsp3) is 0.364. The number of hydrogen-bond acceptors (Lipinski definition) is 4. The number of aromatic nitrogens is 1. The zero-order chi connectivity index (χ0) is 12.8. The minimum Gasteiger partial charge on any atom is -0.409 e. The first kappa shape index (κ1) is 13.0. The van der Waals surface area contributed by atoms with Gasteiger partial charge in [0.15, 0.2) is 5.84 Å². The topological polar surface area (TPSA) is 91.8 Å². The second kappa shape index (κ2) is 5.83. The molecular formula is C11H16N4O2. The van der Waals surface area contributed by atoms with E-state index in [9.17, 15) is 4.79 Å². The molecule has 0 unspecified atom stereocenters. The normalized spacial score (nSPS) is 11.3. The van der Waals surface area contributed by atoms with Gasteiger partial charge in [0.1, 0.15) is 5.69 Å². The number of amides is 1. The summed E-state index contributed by atoms with van der Waals surface area (Å²) in [7, 11) is 0. The number of oxime groups is 1. The van der Waals surface area contributed by atoms with E-state index < -0.39 is 0 Å². The largest absolute Gasteiger partial charge is 0.409 e. The van der Waals surface area contributed by atoms with Crippen LogP contribution in [0.15, 0.2) is 23.5 Å². The molecule has 1 amide bonds. The lowest BCUT2D eigenvalue weighted by Crippen LogP contribution is -2.31. The SMILES string of the molecule is CCN(CC)C(=O)c1ccc(/C(N)=N/O)cn1. The summed E-state index contributed by atoms with van der Waals surface area (Å²) in [4.78, 5) is 17.6. The molecule has 0 aliphatic carbocycles. The molecule has 1 aromatic rings. The summed E-state index contributed by atoms with van der Waals surface area (Å²) in [6, 6.07) is 3.16. The Labute approximate surface area is 99.7 Å². The van der Waals surface area contributed by atoms with Crippen LogP contribution in [0.2, 0.25) is 0 Å². The van der Waals surface area contributed by atoms with Crippen LogP contribution in [0.3, 0.4) is 0 Å². The second-order valence-electron chi connectivity index (χ2n) is 3.39. The summed E-state index contributed by atoms with van der Waals surface area (Å²) < 4.78 is 0. The van der Waals surface area contributed by atoms with E-state index in [1.165, 1.54) is 6.20 Å². The van der Waals surface area contributed by atoms with Gasteiger partial charge in [-0.1, -0.05) is 5.16 Å². The van der Waals surface area contributed by atoms with Crippen molar-refractivity contribution < 1.29 is 10.0 Å². The number of nitrogens with zero attached hydrogens (tertiary/aromatic N) is 3. The molecule has 0 aliphatic rings. The Hall–Kier alpha value is -2.11. The monoisotopic (exact) mass is 236 g/mol. The Balaban J connectivity index is 2.91. The Morgan fingerprint density at radius 2 is 2.12 bits per heavy atom. The van der Waals surface area contributed by atoms with Crippen LogP contribution in [-0.4, -0.2) is 39.9 Å². The number of carbonyl (C=O) groups excluding carboxylic acids is 1. The molecule has 0 spiro atoms. The molecule has 1 heterocycles. The summed E-state index contributed by atoms with van der Waals surface area (Å²) in [6.45, 7) is 5.09. The lowest BCUT2D eigenvalue weighted by molar-refractivity contribution is 0.0767. The molecule has 0 aromatic carbocycles. The average Bonchev–Trinajstić information content (AvgIpc) is 2.39. The predicted octanol–water partition coefficient (Wildman–Crippen LogP) is 0.658. The summed E-state index contributed by atoms with van der Waals surface area (Å²) >= 11 is 0. The molecule has 17 heavy (non-hydrogen) atoms.